The minimum atomic E-state index is -4.98. The van der Waals surface area contributed by atoms with E-state index >= 15 is 0 Å². The van der Waals surface area contributed by atoms with E-state index in [1.807, 2.05) is 0 Å². The molecule has 0 bridgehead atoms. The van der Waals surface area contributed by atoms with Gasteiger partial charge in [-0.3, -0.25) is 38.1 Å². The molecule has 26 nitrogen and oxygen atoms in total. The molecule has 348 valence electrons. The number of aromatic nitrogens is 6. The maximum Gasteiger partial charge on any atom is 0.295 e. The molecule has 0 saturated heterocycles. The quantitative estimate of drug-likeness (QED) is 0.0469. The maximum atomic E-state index is 12.6. The van der Waals surface area contributed by atoms with Crippen molar-refractivity contribution in [3.05, 3.63) is 119 Å². The number of aromatic amines is 4. The van der Waals surface area contributed by atoms with E-state index in [1.54, 1.807) is 0 Å². The lowest BCUT2D eigenvalue weighted by molar-refractivity contribution is 0.305. The first-order valence-corrected chi connectivity index (χ1v) is 24.2. The maximum absolute atomic E-state index is 12.6. The lowest BCUT2D eigenvalue weighted by atomic mass is 10.1. The van der Waals surface area contributed by atoms with Crippen LogP contribution in [0.3, 0.4) is 0 Å². The molecule has 0 amide bonds. The van der Waals surface area contributed by atoms with E-state index in [1.165, 1.54) is 48.5 Å². The summed E-state index contributed by atoms with van der Waals surface area (Å²) in [5, 5.41) is 24.3. The van der Waals surface area contributed by atoms with Gasteiger partial charge in [0.15, 0.2) is 0 Å². The van der Waals surface area contributed by atoms with Gasteiger partial charge in [0.05, 0.1) is 47.5 Å². The highest BCUT2D eigenvalue weighted by atomic mass is 32.2. The second kappa shape index (κ2) is 20.0. The average molecular weight is 989 g/mol. The molecule has 0 radical (unpaired) electrons. The Morgan fingerprint density at radius 1 is 0.500 bits per heavy atom. The van der Waals surface area contributed by atoms with Crippen LogP contribution in [0.5, 0.6) is 0 Å². The normalized spacial score (nSPS) is 13.7. The number of benzene rings is 4. The van der Waals surface area contributed by atoms with Crippen molar-refractivity contribution in [1.82, 2.24) is 29.9 Å². The van der Waals surface area contributed by atoms with E-state index in [-0.39, 0.29) is 93.0 Å². The van der Waals surface area contributed by atoms with Crippen LogP contribution in [0.25, 0.3) is 12.2 Å². The fourth-order valence-electron chi connectivity index (χ4n) is 5.55. The number of nitrogens with zero attached hydrogens (tertiary/aromatic N) is 6. The third-order valence-corrected chi connectivity index (χ3v) is 12.0. The van der Waals surface area contributed by atoms with Crippen molar-refractivity contribution < 1.29 is 62.1 Å². The first-order chi connectivity index (χ1) is 31.1. The Labute approximate surface area is 372 Å². The summed E-state index contributed by atoms with van der Waals surface area (Å²) >= 11 is 0. The molecule has 0 saturated carbocycles. The number of hydrogen-bond donors (Lipinski definition) is 12. The Balaban J connectivity index is 1.34. The number of anilines is 4. The smallest absolute Gasteiger partial charge is 0.295 e. The van der Waals surface area contributed by atoms with Gasteiger partial charge in [0.25, 0.3) is 40.5 Å². The highest BCUT2D eigenvalue weighted by Crippen LogP contribution is 2.28. The van der Waals surface area contributed by atoms with E-state index in [0.29, 0.717) is 11.4 Å². The molecule has 0 spiro atoms. The Hall–Kier alpha value is -7.00. The van der Waals surface area contributed by atoms with Crippen LogP contribution in [0, 0.1) is 0 Å². The van der Waals surface area contributed by atoms with Crippen molar-refractivity contribution in [2.75, 3.05) is 36.9 Å². The molecule has 2 aromatic heterocycles. The molecule has 66 heavy (non-hydrogen) atoms. The molecule has 0 aliphatic carbocycles. The molecule has 4 aromatic carbocycles. The monoisotopic (exact) mass is 988 g/mol. The van der Waals surface area contributed by atoms with Gasteiger partial charge in [-0.05, 0) is 83.9 Å². The van der Waals surface area contributed by atoms with Crippen molar-refractivity contribution >= 4 is 87.3 Å². The van der Waals surface area contributed by atoms with Crippen LogP contribution in [-0.2, 0) is 40.5 Å². The van der Waals surface area contributed by atoms with Gasteiger partial charge < -0.3 is 20.8 Å². The molecule has 30 heteroatoms. The van der Waals surface area contributed by atoms with Crippen molar-refractivity contribution in [2.24, 2.45) is 20.0 Å². The summed E-state index contributed by atoms with van der Waals surface area (Å²) in [7, 11) is -18.9. The van der Waals surface area contributed by atoms with Gasteiger partial charge >= 0.3 is 0 Å². The summed E-state index contributed by atoms with van der Waals surface area (Å²) in [4.78, 5) is 34.3. The summed E-state index contributed by atoms with van der Waals surface area (Å²) in [6, 6.07) is 17.0. The number of rotatable bonds is 16. The molecule has 0 unspecified atom stereocenters. The summed E-state index contributed by atoms with van der Waals surface area (Å²) in [5.74, 6) is -0.0127. The number of aliphatic hydroxyl groups excluding tert-OH is 2. The molecule has 0 atom stereocenters. The van der Waals surface area contributed by atoms with Crippen molar-refractivity contribution in [1.29, 1.82) is 0 Å². The SMILES string of the molecule is O=S(=O)(O)c1ccc(Nc2nc(=NCCO)[nH]c(=Nc3ccc(/C=C/c4ccc(N=c5[nH]c(Nc6ccc(S(=O)(=O)O)cc6)nc(=NCCO)[nH]5)cc4S(=O)(=O)O)c(S(=O)(=O)O)c3)[nH]2)cc1. The molecule has 0 fully saturated rings. The second-order valence-corrected chi connectivity index (χ2v) is 18.8. The van der Waals surface area contributed by atoms with Gasteiger partial charge in [-0.2, -0.15) is 43.6 Å². The highest BCUT2D eigenvalue weighted by molar-refractivity contribution is 7.86. The third-order valence-electron chi connectivity index (χ3n) is 8.40. The Morgan fingerprint density at radius 3 is 1.18 bits per heavy atom. The highest BCUT2D eigenvalue weighted by Gasteiger charge is 2.18. The van der Waals surface area contributed by atoms with Crippen LogP contribution in [0.4, 0.5) is 34.6 Å². The molecular formula is C36H36N12O14S4. The second-order valence-electron chi connectivity index (χ2n) is 13.2. The molecule has 0 aliphatic rings. The zero-order chi connectivity index (χ0) is 47.9. The summed E-state index contributed by atoms with van der Waals surface area (Å²) in [5.41, 5.74) is -0.0317. The van der Waals surface area contributed by atoms with Crippen molar-refractivity contribution in [2.45, 2.75) is 19.6 Å². The van der Waals surface area contributed by atoms with E-state index in [9.17, 15) is 62.1 Å². The topological polar surface area (TPSA) is 420 Å². The summed E-state index contributed by atoms with van der Waals surface area (Å²) in [6.07, 6.45) is 2.30. The fourth-order valence-corrected chi connectivity index (χ4v) is 7.92. The minimum absolute atomic E-state index is 0.00635. The van der Waals surface area contributed by atoms with Gasteiger partial charge in [0.1, 0.15) is 9.79 Å². The lowest BCUT2D eigenvalue weighted by Crippen LogP contribution is -2.28. The predicted molar refractivity (Wildman–Crippen MR) is 232 cm³/mol. The first-order valence-electron chi connectivity index (χ1n) is 18.4. The van der Waals surface area contributed by atoms with E-state index in [0.717, 1.165) is 48.6 Å². The lowest BCUT2D eigenvalue weighted by Gasteiger charge is -2.08. The van der Waals surface area contributed by atoms with Gasteiger partial charge in [-0.15, -0.1) is 0 Å². The molecular weight excluding hydrogens is 953 g/mol. The first kappa shape index (κ1) is 48.5. The largest absolute Gasteiger partial charge is 0.394 e. The third kappa shape index (κ3) is 13.3. The fraction of sp³-hybridized carbons (Fsp3) is 0.111. The standard InChI is InChI=1S/C36H36N12O14S4/c49-17-15-37-31-43-33(39-23-7-11-27(12-8-23)63(51,52)53)47-35(45-31)41-25-5-3-21(29(19-25)65(57,58)59)1-2-22-4-6-26(20-30(22)66(60,61)62)42-36-46-32(38-16-18-50)44-34(48-36)40-24-9-13-28(14-10-24)64(54,55)56/h1-14,19-20,49-50H,15-18H2,(H,51,52,53)(H,54,55,56)(H,57,58,59)(H,60,61,62)(H3,37,39,41,43,45,47)(H3,38,40,42,44,46,48)/b2-1+. The van der Waals surface area contributed by atoms with Gasteiger partial charge in [-0.25, -0.2) is 20.0 Å². The van der Waals surface area contributed by atoms with Crippen LogP contribution >= 0.6 is 0 Å². The predicted octanol–water partition coefficient (Wildman–Crippen LogP) is 0.684. The molecule has 6 aromatic rings. The van der Waals surface area contributed by atoms with E-state index in [2.05, 4.69) is 60.5 Å². The van der Waals surface area contributed by atoms with Crippen LogP contribution in [-0.4, -0.2) is 118 Å². The van der Waals surface area contributed by atoms with E-state index in [4.69, 9.17) is 0 Å². The molecule has 0 aliphatic heterocycles. The number of hydrogen-bond acceptors (Lipinski definition) is 18. The Kier molecular flexibility index (Phi) is 14.7. The number of nitrogens with one attached hydrogen (secondary N) is 6. The number of H-pyrrole nitrogens is 4. The summed E-state index contributed by atoms with van der Waals surface area (Å²) in [6.45, 7) is -0.828. The zero-order valence-electron chi connectivity index (χ0n) is 33.3. The van der Waals surface area contributed by atoms with Crippen LogP contribution in [0.1, 0.15) is 11.1 Å². The van der Waals surface area contributed by atoms with E-state index < -0.39 is 50.3 Å². The molecule has 6 rings (SSSR count). The minimum Gasteiger partial charge on any atom is -0.394 e. The Bertz CT molecular complexity index is 3340. The van der Waals surface area contributed by atoms with Gasteiger partial charge in [-0.1, -0.05) is 24.3 Å². The van der Waals surface area contributed by atoms with Crippen LogP contribution < -0.4 is 33.1 Å². The molecule has 2 heterocycles. The van der Waals surface area contributed by atoms with Gasteiger partial charge in [0, 0.05) is 11.4 Å². The summed E-state index contributed by atoms with van der Waals surface area (Å²) < 4.78 is 135. The molecule has 12 N–H and O–H groups in total. The Morgan fingerprint density at radius 2 is 0.864 bits per heavy atom. The van der Waals surface area contributed by atoms with Crippen molar-refractivity contribution in [3.63, 3.8) is 0 Å². The van der Waals surface area contributed by atoms with Gasteiger partial charge in [0.2, 0.25) is 34.4 Å². The average Bonchev–Trinajstić information content (AvgIpc) is 3.23. The van der Waals surface area contributed by atoms with Crippen LogP contribution in [0.15, 0.2) is 124 Å². The van der Waals surface area contributed by atoms with Crippen molar-refractivity contribution in [3.8, 4) is 0 Å². The van der Waals surface area contributed by atoms with Crippen LogP contribution in [0.2, 0.25) is 0 Å². The zero-order valence-corrected chi connectivity index (χ0v) is 36.6. The number of aliphatic hydroxyl groups is 2.